The number of ether oxygens (including phenoxy) is 1. The fourth-order valence-electron chi connectivity index (χ4n) is 1.33. The molecule has 1 aliphatic rings. The van der Waals surface area contributed by atoms with E-state index in [9.17, 15) is 4.57 Å². The Labute approximate surface area is 77.1 Å². The first-order valence-electron chi connectivity index (χ1n) is 3.92. The van der Waals surface area contributed by atoms with Crippen LogP contribution in [0, 0.1) is 0 Å². The fraction of sp³-hybridized carbons (Fsp3) is 0.500. The number of methoxy groups -OCH3 is 1. The van der Waals surface area contributed by atoms with Crippen LogP contribution in [0.25, 0.3) is 0 Å². The molecule has 1 atom stereocenters. The van der Waals surface area contributed by atoms with Gasteiger partial charge in [0.25, 0.3) is 0 Å². The van der Waals surface area contributed by atoms with Crippen molar-refractivity contribution in [1.82, 2.24) is 0 Å². The minimum absolute atomic E-state index is 0.267. The molecular formula is C8H13O4P. The Morgan fingerprint density at radius 3 is 2.62 bits per heavy atom. The molecule has 0 aromatic rings. The maximum Gasteiger partial charge on any atom is 0.328 e. The average molecular weight is 204 g/mol. The molecule has 0 bridgehead atoms. The van der Waals surface area contributed by atoms with Gasteiger partial charge in [0, 0.05) is 7.11 Å². The van der Waals surface area contributed by atoms with Crippen LogP contribution in [0.5, 0.6) is 0 Å². The number of allylic oxidation sites excluding steroid dienone is 2. The zero-order valence-corrected chi connectivity index (χ0v) is 8.28. The molecule has 1 aliphatic carbocycles. The Hall–Kier alpha value is -0.410. The van der Waals surface area contributed by atoms with Gasteiger partial charge in [-0.1, -0.05) is 24.3 Å². The molecule has 0 amide bonds. The van der Waals surface area contributed by atoms with Gasteiger partial charge in [0.1, 0.15) is 5.60 Å². The second-order valence-electron chi connectivity index (χ2n) is 3.08. The Morgan fingerprint density at radius 1 is 1.54 bits per heavy atom. The van der Waals surface area contributed by atoms with Gasteiger partial charge in [-0.15, -0.1) is 0 Å². The molecule has 1 rings (SSSR count). The van der Waals surface area contributed by atoms with Crippen LogP contribution in [-0.2, 0) is 9.30 Å². The van der Waals surface area contributed by atoms with Crippen molar-refractivity contribution in [3.8, 4) is 0 Å². The topological polar surface area (TPSA) is 66.8 Å². The largest absolute Gasteiger partial charge is 0.373 e. The van der Waals surface area contributed by atoms with Crippen LogP contribution in [0.2, 0.25) is 0 Å². The van der Waals surface area contributed by atoms with E-state index in [0.29, 0.717) is 6.42 Å². The van der Waals surface area contributed by atoms with Gasteiger partial charge in [-0.2, -0.15) is 0 Å². The van der Waals surface area contributed by atoms with Crippen LogP contribution < -0.4 is 0 Å². The lowest BCUT2D eigenvalue weighted by Crippen LogP contribution is -2.33. The van der Waals surface area contributed by atoms with E-state index in [1.807, 2.05) is 12.2 Å². The van der Waals surface area contributed by atoms with Crippen molar-refractivity contribution < 1.29 is 19.1 Å². The Kier molecular flexibility index (Phi) is 3.09. The third-order valence-corrected chi connectivity index (χ3v) is 2.94. The minimum Gasteiger partial charge on any atom is -0.373 e. The van der Waals surface area contributed by atoms with Crippen LogP contribution in [0.3, 0.4) is 0 Å². The van der Waals surface area contributed by atoms with Crippen molar-refractivity contribution in [1.29, 1.82) is 0 Å². The van der Waals surface area contributed by atoms with E-state index in [2.05, 4.69) is 0 Å². The average Bonchev–Trinajstić information content (AvgIpc) is 2.03. The van der Waals surface area contributed by atoms with Gasteiger partial charge in [-0.3, -0.25) is 4.57 Å². The summed E-state index contributed by atoms with van der Waals surface area (Å²) in [7, 11) is -2.57. The minimum atomic E-state index is -4.03. The monoisotopic (exact) mass is 204 g/mol. The third-order valence-electron chi connectivity index (χ3n) is 1.99. The van der Waals surface area contributed by atoms with E-state index >= 15 is 0 Å². The van der Waals surface area contributed by atoms with Gasteiger partial charge in [0.15, 0.2) is 0 Å². The number of rotatable bonds is 3. The molecular weight excluding hydrogens is 191 g/mol. The molecule has 13 heavy (non-hydrogen) atoms. The molecule has 4 nitrogen and oxygen atoms in total. The SMILES string of the molecule is COC1(CP(=O)(O)O)C=CC=CC1. The quantitative estimate of drug-likeness (QED) is 0.674. The van der Waals surface area contributed by atoms with Crippen molar-refractivity contribution >= 4 is 7.60 Å². The van der Waals surface area contributed by atoms with Gasteiger partial charge in [-0.25, -0.2) is 0 Å². The van der Waals surface area contributed by atoms with Gasteiger partial charge < -0.3 is 14.5 Å². The first-order valence-corrected chi connectivity index (χ1v) is 5.71. The molecule has 0 fully saturated rings. The summed E-state index contributed by atoms with van der Waals surface area (Å²) in [6.07, 6.45) is 7.33. The summed E-state index contributed by atoms with van der Waals surface area (Å²) in [4.78, 5) is 17.7. The third kappa shape index (κ3) is 3.08. The zero-order chi connectivity index (χ0) is 9.95. The van der Waals surface area contributed by atoms with Crippen LogP contribution in [0.15, 0.2) is 24.3 Å². The lowest BCUT2D eigenvalue weighted by atomic mass is 9.97. The highest BCUT2D eigenvalue weighted by atomic mass is 31.2. The predicted octanol–water partition coefficient (Wildman–Crippen LogP) is 1.07. The van der Waals surface area contributed by atoms with Crippen molar-refractivity contribution in [2.75, 3.05) is 13.3 Å². The molecule has 0 aromatic carbocycles. The Balaban J connectivity index is 2.77. The van der Waals surface area contributed by atoms with E-state index in [-0.39, 0.29) is 6.16 Å². The van der Waals surface area contributed by atoms with Crippen LogP contribution in [0.1, 0.15) is 6.42 Å². The molecule has 0 saturated heterocycles. The second kappa shape index (κ2) is 3.76. The van der Waals surface area contributed by atoms with Crippen molar-refractivity contribution in [3.05, 3.63) is 24.3 Å². The Morgan fingerprint density at radius 2 is 2.23 bits per heavy atom. The summed E-state index contributed by atoms with van der Waals surface area (Å²) in [6.45, 7) is 0. The standard InChI is InChI=1S/C8H13O4P/c1-12-8(7-13(9,10)11)5-3-2-4-6-8/h2-5H,6-7H2,1H3,(H2,9,10,11). The highest BCUT2D eigenvalue weighted by molar-refractivity contribution is 7.51. The van der Waals surface area contributed by atoms with Crippen LogP contribution >= 0.6 is 7.60 Å². The van der Waals surface area contributed by atoms with Gasteiger partial charge in [0.05, 0.1) is 6.16 Å². The normalized spacial score (nSPS) is 27.9. The van der Waals surface area contributed by atoms with Crippen molar-refractivity contribution in [2.24, 2.45) is 0 Å². The molecule has 0 radical (unpaired) electrons. The molecule has 0 spiro atoms. The maximum atomic E-state index is 10.8. The van der Waals surface area contributed by atoms with E-state index in [0.717, 1.165) is 0 Å². The summed E-state index contributed by atoms with van der Waals surface area (Å²) < 4.78 is 15.9. The van der Waals surface area contributed by atoms with E-state index in [4.69, 9.17) is 14.5 Å². The van der Waals surface area contributed by atoms with Crippen LogP contribution in [0.4, 0.5) is 0 Å². The zero-order valence-electron chi connectivity index (χ0n) is 7.38. The van der Waals surface area contributed by atoms with Gasteiger partial charge in [0.2, 0.25) is 0 Å². The van der Waals surface area contributed by atoms with E-state index < -0.39 is 13.2 Å². The number of hydrogen-bond donors (Lipinski definition) is 2. The first kappa shape index (κ1) is 10.7. The summed E-state index contributed by atoms with van der Waals surface area (Å²) in [5.41, 5.74) is -0.826. The molecule has 0 aromatic heterocycles. The van der Waals surface area contributed by atoms with Crippen molar-refractivity contribution in [2.45, 2.75) is 12.0 Å². The van der Waals surface area contributed by atoms with Crippen molar-refractivity contribution in [3.63, 3.8) is 0 Å². The van der Waals surface area contributed by atoms with E-state index in [1.165, 1.54) is 7.11 Å². The molecule has 0 heterocycles. The summed E-state index contributed by atoms with van der Waals surface area (Å²) in [5.74, 6) is 0. The van der Waals surface area contributed by atoms with E-state index in [1.54, 1.807) is 12.2 Å². The smallest absolute Gasteiger partial charge is 0.328 e. The van der Waals surface area contributed by atoms with Gasteiger partial charge >= 0.3 is 7.60 Å². The molecule has 2 N–H and O–H groups in total. The summed E-state index contributed by atoms with van der Waals surface area (Å²) in [5, 5.41) is 0. The summed E-state index contributed by atoms with van der Waals surface area (Å²) >= 11 is 0. The maximum absolute atomic E-state index is 10.8. The Bertz CT molecular complexity index is 278. The molecule has 1 unspecified atom stereocenters. The fourth-order valence-corrected chi connectivity index (χ4v) is 2.39. The highest BCUT2D eigenvalue weighted by Gasteiger charge is 2.34. The highest BCUT2D eigenvalue weighted by Crippen LogP contribution is 2.42. The molecule has 0 saturated carbocycles. The van der Waals surface area contributed by atoms with Gasteiger partial charge in [-0.05, 0) is 6.42 Å². The molecule has 74 valence electrons. The lowest BCUT2D eigenvalue weighted by Gasteiger charge is -2.29. The lowest BCUT2D eigenvalue weighted by molar-refractivity contribution is 0.0493. The predicted molar refractivity (Wildman–Crippen MR) is 49.5 cm³/mol. The summed E-state index contributed by atoms with van der Waals surface area (Å²) in [6, 6.07) is 0. The molecule has 0 aliphatic heterocycles. The number of hydrogen-bond acceptors (Lipinski definition) is 2. The van der Waals surface area contributed by atoms with Crippen LogP contribution in [-0.4, -0.2) is 28.7 Å². The second-order valence-corrected chi connectivity index (χ2v) is 4.73. The molecule has 5 heteroatoms. The first-order chi connectivity index (χ1) is 5.97.